The Hall–Kier alpha value is -2.84. The van der Waals surface area contributed by atoms with Crippen molar-refractivity contribution in [1.82, 2.24) is 0 Å². The molecule has 1 aliphatic rings. The molecular weight excluding hydrogens is 454 g/mol. The first-order chi connectivity index (χ1) is 15.3. The van der Waals surface area contributed by atoms with E-state index in [0.717, 1.165) is 17.1 Å². The number of methoxy groups -OCH3 is 1. The van der Waals surface area contributed by atoms with E-state index in [-0.39, 0.29) is 27.8 Å². The first kappa shape index (κ1) is 23.8. The van der Waals surface area contributed by atoms with Crippen LogP contribution >= 0.6 is 11.6 Å². The quantitative estimate of drug-likeness (QED) is 0.413. The summed E-state index contributed by atoms with van der Waals surface area (Å²) in [6.45, 7) is 3.65. The zero-order chi connectivity index (χ0) is 23.3. The molecule has 2 aromatic carbocycles. The number of ether oxygens (including phenoxy) is 2. The van der Waals surface area contributed by atoms with Gasteiger partial charge in [-0.05, 0) is 61.7 Å². The van der Waals surface area contributed by atoms with Crippen molar-refractivity contribution in [2.24, 2.45) is 0 Å². The van der Waals surface area contributed by atoms with E-state index in [1.165, 1.54) is 31.4 Å². The second-order valence-electron chi connectivity index (χ2n) is 7.27. The summed E-state index contributed by atoms with van der Waals surface area (Å²) < 4.78 is 38.4. The van der Waals surface area contributed by atoms with Gasteiger partial charge in [0, 0.05) is 6.42 Å². The normalized spacial score (nSPS) is 16.3. The Kier molecular flexibility index (Phi) is 7.58. The Morgan fingerprint density at radius 3 is 2.56 bits per heavy atom. The van der Waals surface area contributed by atoms with Crippen molar-refractivity contribution in [2.45, 2.75) is 36.7 Å². The lowest BCUT2D eigenvalue weighted by molar-refractivity contribution is -0.129. The molecule has 1 fully saturated rings. The molecule has 9 heteroatoms. The maximum absolute atomic E-state index is 13.4. The van der Waals surface area contributed by atoms with Crippen LogP contribution < -0.4 is 9.04 Å². The molecule has 1 saturated carbocycles. The van der Waals surface area contributed by atoms with Gasteiger partial charge in [-0.1, -0.05) is 17.7 Å². The summed E-state index contributed by atoms with van der Waals surface area (Å²) in [4.78, 5) is 24.6. The van der Waals surface area contributed by atoms with Gasteiger partial charge in [0.15, 0.2) is 11.9 Å². The number of hydrogen-bond acceptors (Lipinski definition) is 6. The molecule has 170 valence electrons. The molecule has 0 N–H and O–H groups in total. The van der Waals surface area contributed by atoms with Gasteiger partial charge in [-0.2, -0.15) is 0 Å². The van der Waals surface area contributed by atoms with Gasteiger partial charge in [-0.25, -0.2) is 13.2 Å². The van der Waals surface area contributed by atoms with E-state index in [4.69, 9.17) is 21.1 Å². The van der Waals surface area contributed by atoms with Gasteiger partial charge in [-0.15, -0.1) is 6.58 Å². The minimum Gasteiger partial charge on any atom is -0.497 e. The first-order valence-corrected chi connectivity index (χ1v) is 11.9. The third-order valence-corrected chi connectivity index (χ3v) is 7.27. The molecule has 0 heterocycles. The highest BCUT2D eigenvalue weighted by Crippen LogP contribution is 2.29. The summed E-state index contributed by atoms with van der Waals surface area (Å²) in [5.74, 6) is -0.383. The van der Waals surface area contributed by atoms with Gasteiger partial charge in [0.05, 0.1) is 34.8 Å². The number of halogens is 1. The first-order valence-electron chi connectivity index (χ1n) is 10.1. The molecule has 0 aromatic heterocycles. The molecule has 32 heavy (non-hydrogen) atoms. The summed E-state index contributed by atoms with van der Waals surface area (Å²) in [5.41, 5.74) is 0.289. The Morgan fingerprint density at radius 2 is 1.94 bits per heavy atom. The molecule has 3 rings (SSSR count). The molecule has 0 spiro atoms. The molecule has 0 aliphatic heterocycles. The van der Waals surface area contributed by atoms with Crippen molar-refractivity contribution in [3.05, 3.63) is 65.7 Å². The number of rotatable bonds is 8. The highest BCUT2D eigenvalue weighted by atomic mass is 35.5. The maximum Gasteiger partial charge on any atom is 0.340 e. The van der Waals surface area contributed by atoms with Crippen LogP contribution in [0.15, 0.2) is 60.0 Å². The fourth-order valence-corrected chi connectivity index (χ4v) is 5.08. The fraction of sp³-hybridized carbons (Fsp3) is 0.304. The summed E-state index contributed by atoms with van der Waals surface area (Å²) in [6.07, 6.45) is 2.99. The number of sulfonamides is 1. The van der Waals surface area contributed by atoms with Crippen molar-refractivity contribution in [3.8, 4) is 5.75 Å². The van der Waals surface area contributed by atoms with Crippen LogP contribution in [0.4, 0.5) is 5.69 Å². The second kappa shape index (κ2) is 10.2. The molecule has 1 aliphatic carbocycles. The van der Waals surface area contributed by atoms with Crippen LogP contribution in [-0.4, -0.2) is 39.9 Å². The Labute approximate surface area is 192 Å². The molecule has 0 saturated heterocycles. The van der Waals surface area contributed by atoms with Gasteiger partial charge in [-0.3, -0.25) is 9.10 Å². The molecule has 0 bridgehead atoms. The van der Waals surface area contributed by atoms with Crippen LogP contribution in [0.3, 0.4) is 0 Å². The van der Waals surface area contributed by atoms with Crippen molar-refractivity contribution in [3.63, 3.8) is 0 Å². The molecule has 2 aromatic rings. The number of hydrogen-bond donors (Lipinski definition) is 0. The standard InChI is InChI=1S/C23H24ClNO6S/c1-3-14-25(16-8-10-17(30-2)11-9-16)32(28,29)18-12-13-20(24)19(15-18)23(27)31-22-7-5-4-6-21(22)26/h3,8-13,15,22H,1,4-7,14H2,2H3. The zero-order valence-corrected chi connectivity index (χ0v) is 19.2. The number of ketones is 1. The van der Waals surface area contributed by atoms with E-state index in [9.17, 15) is 18.0 Å². The second-order valence-corrected chi connectivity index (χ2v) is 9.54. The van der Waals surface area contributed by atoms with Crippen LogP contribution in [0.1, 0.15) is 36.0 Å². The molecule has 1 unspecified atom stereocenters. The molecule has 1 atom stereocenters. The van der Waals surface area contributed by atoms with Gasteiger partial charge >= 0.3 is 5.97 Å². The molecule has 7 nitrogen and oxygen atoms in total. The van der Waals surface area contributed by atoms with Gasteiger partial charge in [0.1, 0.15) is 5.75 Å². The van der Waals surface area contributed by atoms with Crippen LogP contribution in [0.2, 0.25) is 5.02 Å². The third-order valence-electron chi connectivity index (χ3n) is 5.15. The number of carbonyl (C=O) groups excluding carboxylic acids is 2. The Morgan fingerprint density at radius 1 is 1.22 bits per heavy atom. The van der Waals surface area contributed by atoms with Crippen LogP contribution in [0, 0.1) is 0 Å². The Balaban J connectivity index is 1.93. The molecular formula is C23H24ClNO6S. The lowest BCUT2D eigenvalue weighted by Gasteiger charge is -2.24. The van der Waals surface area contributed by atoms with Crippen molar-refractivity contribution in [1.29, 1.82) is 0 Å². The number of nitrogens with zero attached hydrogens (tertiary/aromatic N) is 1. The van der Waals surface area contributed by atoms with Crippen LogP contribution in [0.25, 0.3) is 0 Å². The smallest absolute Gasteiger partial charge is 0.340 e. The topological polar surface area (TPSA) is 90.0 Å². The van der Waals surface area contributed by atoms with E-state index in [2.05, 4.69) is 6.58 Å². The van der Waals surface area contributed by atoms with E-state index in [0.29, 0.717) is 24.3 Å². The minimum absolute atomic E-state index is 0.00758. The van der Waals surface area contributed by atoms with Gasteiger partial charge < -0.3 is 9.47 Å². The summed E-state index contributed by atoms with van der Waals surface area (Å²) in [6, 6.07) is 10.3. The fourth-order valence-electron chi connectivity index (χ4n) is 3.42. The Bertz CT molecular complexity index is 1110. The van der Waals surface area contributed by atoms with Gasteiger partial charge in [0.25, 0.3) is 10.0 Å². The number of benzene rings is 2. The summed E-state index contributed by atoms with van der Waals surface area (Å²) in [7, 11) is -2.55. The van der Waals surface area contributed by atoms with Gasteiger partial charge in [0.2, 0.25) is 0 Å². The number of Topliss-reactive ketones (excluding diaryl/α,β-unsaturated/α-hetero) is 1. The number of carbonyl (C=O) groups is 2. The average molecular weight is 478 g/mol. The maximum atomic E-state index is 13.4. The monoisotopic (exact) mass is 477 g/mol. The predicted octanol–water partition coefficient (Wildman–Crippen LogP) is 4.40. The largest absolute Gasteiger partial charge is 0.497 e. The van der Waals surface area contributed by atoms with Crippen molar-refractivity contribution in [2.75, 3.05) is 18.0 Å². The lowest BCUT2D eigenvalue weighted by atomic mass is 9.96. The highest BCUT2D eigenvalue weighted by Gasteiger charge is 2.29. The van der Waals surface area contributed by atoms with Crippen LogP contribution in [0.5, 0.6) is 5.75 Å². The predicted molar refractivity (Wildman–Crippen MR) is 122 cm³/mol. The number of anilines is 1. The van der Waals surface area contributed by atoms with E-state index in [1.807, 2.05) is 0 Å². The SMILES string of the molecule is C=CCN(c1ccc(OC)cc1)S(=O)(=O)c1ccc(Cl)c(C(=O)OC2CCCCC2=O)c1. The summed E-state index contributed by atoms with van der Waals surface area (Å²) >= 11 is 6.16. The zero-order valence-electron chi connectivity index (χ0n) is 17.6. The molecule has 0 amide bonds. The van der Waals surface area contributed by atoms with Crippen LogP contribution in [-0.2, 0) is 19.6 Å². The number of esters is 1. The van der Waals surface area contributed by atoms with Crippen molar-refractivity contribution < 1.29 is 27.5 Å². The molecule has 0 radical (unpaired) electrons. The third kappa shape index (κ3) is 5.14. The van der Waals surface area contributed by atoms with E-state index in [1.54, 1.807) is 24.3 Å². The average Bonchev–Trinajstić information content (AvgIpc) is 2.79. The lowest BCUT2D eigenvalue weighted by Crippen LogP contribution is -2.32. The minimum atomic E-state index is -4.06. The van der Waals surface area contributed by atoms with E-state index >= 15 is 0 Å². The summed E-state index contributed by atoms with van der Waals surface area (Å²) in [5, 5.41) is 0.0388. The van der Waals surface area contributed by atoms with E-state index < -0.39 is 22.1 Å². The van der Waals surface area contributed by atoms with Crippen molar-refractivity contribution >= 4 is 39.1 Å². The highest BCUT2D eigenvalue weighted by molar-refractivity contribution is 7.92.